The zero-order valence-corrected chi connectivity index (χ0v) is 15.8. The summed E-state index contributed by atoms with van der Waals surface area (Å²) in [5, 5.41) is 11.4. The zero-order chi connectivity index (χ0) is 20.5. The minimum Gasteiger partial charge on any atom is -0.507 e. The van der Waals surface area contributed by atoms with Gasteiger partial charge in [-0.2, -0.15) is 0 Å². The van der Waals surface area contributed by atoms with Crippen LogP contribution < -0.4 is 4.90 Å². The van der Waals surface area contributed by atoms with Crippen molar-refractivity contribution in [2.24, 2.45) is 0 Å². The average Bonchev–Trinajstić information content (AvgIpc) is 3.00. The number of rotatable bonds is 3. The quantitative estimate of drug-likeness (QED) is 0.373. The van der Waals surface area contributed by atoms with Crippen LogP contribution in [0.25, 0.3) is 5.76 Å². The molecular weight excluding hydrogens is 393 g/mol. The second-order valence-electron chi connectivity index (χ2n) is 6.56. The second-order valence-corrected chi connectivity index (χ2v) is 7.00. The lowest BCUT2D eigenvalue weighted by atomic mass is 9.95. The number of amides is 1. The smallest absolute Gasteiger partial charge is 0.300 e. The molecule has 4 rings (SSSR count). The molecule has 3 aromatic carbocycles. The number of para-hydroxylation sites is 1. The molecule has 1 amide bonds. The molecule has 1 fully saturated rings. The van der Waals surface area contributed by atoms with Crippen molar-refractivity contribution in [1.29, 1.82) is 0 Å². The van der Waals surface area contributed by atoms with E-state index in [0.717, 1.165) is 0 Å². The van der Waals surface area contributed by atoms with Crippen LogP contribution in [0.3, 0.4) is 0 Å². The molecule has 1 heterocycles. The molecule has 4 nitrogen and oxygen atoms in total. The van der Waals surface area contributed by atoms with E-state index in [2.05, 4.69) is 0 Å². The molecule has 1 N–H and O–H groups in total. The zero-order valence-electron chi connectivity index (χ0n) is 15.0. The first-order valence-electron chi connectivity index (χ1n) is 8.85. The third-order valence-electron chi connectivity index (χ3n) is 4.78. The highest BCUT2D eigenvalue weighted by Gasteiger charge is 2.46. The van der Waals surface area contributed by atoms with Crippen LogP contribution in [0.2, 0.25) is 5.02 Å². The highest BCUT2D eigenvalue weighted by atomic mass is 35.5. The number of carbonyl (C=O) groups excluding carboxylic acids is 2. The van der Waals surface area contributed by atoms with Crippen molar-refractivity contribution in [3.8, 4) is 0 Å². The molecule has 0 bridgehead atoms. The molecule has 1 aliphatic rings. The van der Waals surface area contributed by atoms with Crippen LogP contribution in [0, 0.1) is 5.82 Å². The SMILES string of the molecule is O=C1C(=O)N(c2ccccc2)C(c2ccc(Cl)cc2)/C1=C(/O)c1ccc(F)cc1. The Balaban J connectivity index is 1.94. The maximum Gasteiger partial charge on any atom is 0.300 e. The van der Waals surface area contributed by atoms with Gasteiger partial charge in [-0.25, -0.2) is 4.39 Å². The Bertz CT molecular complexity index is 1110. The Labute approximate surface area is 171 Å². The largest absolute Gasteiger partial charge is 0.507 e. The molecule has 3 aromatic rings. The molecule has 144 valence electrons. The van der Waals surface area contributed by atoms with Crippen molar-refractivity contribution < 1.29 is 19.1 Å². The van der Waals surface area contributed by atoms with Gasteiger partial charge in [0.1, 0.15) is 11.6 Å². The van der Waals surface area contributed by atoms with Gasteiger partial charge in [0.2, 0.25) is 0 Å². The van der Waals surface area contributed by atoms with Crippen LogP contribution in [0.5, 0.6) is 0 Å². The fraction of sp³-hybridized carbons (Fsp3) is 0.0435. The summed E-state index contributed by atoms with van der Waals surface area (Å²) < 4.78 is 13.3. The van der Waals surface area contributed by atoms with E-state index in [9.17, 15) is 19.1 Å². The Hall–Kier alpha value is -3.44. The summed E-state index contributed by atoms with van der Waals surface area (Å²) in [5.74, 6) is -2.39. The van der Waals surface area contributed by atoms with Crippen molar-refractivity contribution in [3.05, 3.63) is 106 Å². The highest BCUT2D eigenvalue weighted by molar-refractivity contribution is 6.51. The number of hydrogen-bond acceptors (Lipinski definition) is 3. The molecular formula is C23H15ClFNO3. The molecule has 6 heteroatoms. The third kappa shape index (κ3) is 3.41. The normalized spacial score (nSPS) is 18.3. The lowest BCUT2D eigenvalue weighted by Crippen LogP contribution is -2.29. The lowest BCUT2D eigenvalue weighted by Gasteiger charge is -2.25. The average molecular weight is 408 g/mol. The number of hydrogen-bond donors (Lipinski definition) is 1. The Morgan fingerprint density at radius 2 is 1.52 bits per heavy atom. The van der Waals surface area contributed by atoms with Gasteiger partial charge in [0.25, 0.3) is 11.7 Å². The topological polar surface area (TPSA) is 57.6 Å². The molecule has 0 aliphatic carbocycles. The number of halogens is 2. The van der Waals surface area contributed by atoms with Crippen molar-refractivity contribution in [1.82, 2.24) is 0 Å². The molecule has 29 heavy (non-hydrogen) atoms. The van der Waals surface area contributed by atoms with Gasteiger partial charge in [0, 0.05) is 16.3 Å². The summed E-state index contributed by atoms with van der Waals surface area (Å²) in [6.45, 7) is 0. The minimum absolute atomic E-state index is 0.0622. The summed E-state index contributed by atoms with van der Waals surface area (Å²) in [5.41, 5.74) is 1.32. The Morgan fingerprint density at radius 1 is 0.897 bits per heavy atom. The van der Waals surface area contributed by atoms with Crippen LogP contribution in [-0.4, -0.2) is 16.8 Å². The van der Waals surface area contributed by atoms with Crippen LogP contribution in [0.15, 0.2) is 84.4 Å². The van der Waals surface area contributed by atoms with E-state index < -0.39 is 23.5 Å². The number of aliphatic hydroxyl groups excluding tert-OH is 1. The summed E-state index contributed by atoms with van der Waals surface area (Å²) in [6, 6.07) is 19.7. The van der Waals surface area contributed by atoms with Crippen LogP contribution in [-0.2, 0) is 9.59 Å². The first-order chi connectivity index (χ1) is 14.0. The highest BCUT2D eigenvalue weighted by Crippen LogP contribution is 2.42. The van der Waals surface area contributed by atoms with Gasteiger partial charge in [0.15, 0.2) is 0 Å². The van der Waals surface area contributed by atoms with Crippen molar-refractivity contribution >= 4 is 34.7 Å². The molecule has 1 saturated heterocycles. The predicted octanol–water partition coefficient (Wildman–Crippen LogP) is 5.11. The van der Waals surface area contributed by atoms with Gasteiger partial charge >= 0.3 is 0 Å². The number of nitrogens with zero attached hydrogens (tertiary/aromatic N) is 1. The monoisotopic (exact) mass is 407 g/mol. The van der Waals surface area contributed by atoms with Gasteiger partial charge in [-0.1, -0.05) is 41.9 Å². The predicted molar refractivity (Wildman–Crippen MR) is 109 cm³/mol. The molecule has 1 aliphatic heterocycles. The fourth-order valence-corrected chi connectivity index (χ4v) is 3.54. The second kappa shape index (κ2) is 7.53. The van der Waals surface area contributed by atoms with Crippen molar-refractivity contribution in [2.45, 2.75) is 6.04 Å². The minimum atomic E-state index is -0.847. The van der Waals surface area contributed by atoms with Crippen molar-refractivity contribution in [3.63, 3.8) is 0 Å². The van der Waals surface area contributed by atoms with Gasteiger partial charge in [-0.15, -0.1) is 0 Å². The van der Waals surface area contributed by atoms with E-state index in [1.807, 2.05) is 0 Å². The van der Waals surface area contributed by atoms with Gasteiger partial charge < -0.3 is 5.11 Å². The van der Waals surface area contributed by atoms with Gasteiger partial charge in [0.05, 0.1) is 11.6 Å². The van der Waals surface area contributed by atoms with Crippen LogP contribution in [0.4, 0.5) is 10.1 Å². The number of benzene rings is 3. The molecule has 0 radical (unpaired) electrons. The summed E-state index contributed by atoms with van der Waals surface area (Å²) in [4.78, 5) is 27.2. The molecule has 1 atom stereocenters. The van der Waals surface area contributed by atoms with Crippen molar-refractivity contribution in [2.75, 3.05) is 4.90 Å². The van der Waals surface area contributed by atoms with E-state index in [1.54, 1.807) is 54.6 Å². The van der Waals surface area contributed by atoms with E-state index >= 15 is 0 Å². The third-order valence-corrected chi connectivity index (χ3v) is 5.03. The Kier molecular flexibility index (Phi) is 4.91. The summed E-state index contributed by atoms with van der Waals surface area (Å²) in [6.07, 6.45) is 0. The molecule has 0 saturated carbocycles. The summed E-state index contributed by atoms with van der Waals surface area (Å²) >= 11 is 5.99. The lowest BCUT2D eigenvalue weighted by molar-refractivity contribution is -0.132. The number of Topliss-reactive ketones (excluding diaryl/α,β-unsaturated/α-hetero) is 1. The molecule has 0 spiro atoms. The first kappa shape index (κ1) is 18.9. The maximum atomic E-state index is 13.3. The first-order valence-corrected chi connectivity index (χ1v) is 9.22. The fourth-order valence-electron chi connectivity index (χ4n) is 3.41. The number of carbonyl (C=O) groups is 2. The number of ketones is 1. The van der Waals surface area contributed by atoms with E-state index in [1.165, 1.54) is 29.2 Å². The maximum absolute atomic E-state index is 13.3. The number of aliphatic hydroxyl groups is 1. The summed E-state index contributed by atoms with van der Waals surface area (Å²) in [7, 11) is 0. The molecule has 0 aromatic heterocycles. The van der Waals surface area contributed by atoms with Gasteiger partial charge in [-0.3, -0.25) is 14.5 Å². The molecule has 1 unspecified atom stereocenters. The van der Waals surface area contributed by atoms with Crippen LogP contribution >= 0.6 is 11.6 Å². The van der Waals surface area contributed by atoms with Crippen LogP contribution in [0.1, 0.15) is 17.2 Å². The standard InChI is InChI=1S/C23H15ClFNO3/c24-16-10-6-14(7-11-16)20-19(21(27)15-8-12-17(25)13-9-15)22(28)23(29)26(20)18-4-2-1-3-5-18/h1-13,20,27H/b21-19-. The van der Waals surface area contributed by atoms with Gasteiger partial charge in [-0.05, 0) is 54.1 Å². The van der Waals surface area contributed by atoms with E-state index in [0.29, 0.717) is 16.3 Å². The Morgan fingerprint density at radius 3 is 2.14 bits per heavy atom. The van der Waals surface area contributed by atoms with E-state index in [4.69, 9.17) is 11.6 Å². The van der Waals surface area contributed by atoms with E-state index in [-0.39, 0.29) is 16.9 Å². The number of anilines is 1.